The Balaban J connectivity index is 2.34. The molecule has 0 aliphatic rings. The number of carbonyl (C=O) groups is 2. The normalized spacial score (nSPS) is 12.3. The number of nitrogens with one attached hydrogen (secondary N) is 1. The lowest BCUT2D eigenvalue weighted by Gasteiger charge is -2.33. The van der Waals surface area contributed by atoms with E-state index in [1.54, 1.807) is 4.90 Å². The lowest BCUT2D eigenvalue weighted by atomic mass is 10.0. The zero-order chi connectivity index (χ0) is 21.6. The van der Waals surface area contributed by atoms with Crippen LogP contribution in [0.4, 0.5) is 0 Å². The van der Waals surface area contributed by atoms with Crippen LogP contribution >= 0.6 is 0 Å². The molecule has 0 radical (unpaired) electrons. The van der Waals surface area contributed by atoms with Crippen molar-refractivity contribution in [3.8, 4) is 0 Å². The molecule has 0 aliphatic carbocycles. The lowest BCUT2D eigenvalue weighted by molar-refractivity contribution is -0.141. The van der Waals surface area contributed by atoms with Gasteiger partial charge < -0.3 is 10.2 Å². The third kappa shape index (κ3) is 6.74. The zero-order valence-electron chi connectivity index (χ0n) is 18.6. The summed E-state index contributed by atoms with van der Waals surface area (Å²) in [4.78, 5) is 28.1. The molecule has 2 rings (SSSR count). The van der Waals surface area contributed by atoms with Crippen molar-refractivity contribution in [2.75, 3.05) is 0 Å². The van der Waals surface area contributed by atoms with Crippen molar-refractivity contribution in [3.63, 3.8) is 0 Å². The molecule has 0 bridgehead atoms. The molecule has 0 saturated heterocycles. The second kappa shape index (κ2) is 9.73. The van der Waals surface area contributed by atoms with Gasteiger partial charge >= 0.3 is 0 Å². The number of hydrogen-bond acceptors (Lipinski definition) is 2. The van der Waals surface area contributed by atoms with E-state index in [4.69, 9.17) is 0 Å². The van der Waals surface area contributed by atoms with E-state index < -0.39 is 6.04 Å². The average molecular weight is 395 g/mol. The molecule has 0 spiro atoms. The predicted molar refractivity (Wildman–Crippen MR) is 119 cm³/mol. The van der Waals surface area contributed by atoms with Crippen molar-refractivity contribution in [2.24, 2.45) is 0 Å². The van der Waals surface area contributed by atoms with E-state index in [1.807, 2.05) is 84.0 Å². The van der Waals surface area contributed by atoms with Gasteiger partial charge in [0.05, 0.1) is 6.42 Å². The van der Waals surface area contributed by atoms with Gasteiger partial charge in [-0.15, -0.1) is 0 Å². The van der Waals surface area contributed by atoms with Crippen LogP contribution in [0.25, 0.3) is 0 Å². The van der Waals surface area contributed by atoms with Gasteiger partial charge in [0.2, 0.25) is 11.8 Å². The fraction of sp³-hybridized carbons (Fsp3) is 0.440. The van der Waals surface area contributed by atoms with Gasteiger partial charge in [0, 0.05) is 12.1 Å². The second-order valence-corrected chi connectivity index (χ2v) is 8.78. The monoisotopic (exact) mass is 394 g/mol. The highest BCUT2D eigenvalue weighted by Gasteiger charge is 2.30. The van der Waals surface area contributed by atoms with Crippen molar-refractivity contribution in [1.82, 2.24) is 10.2 Å². The molecule has 4 nitrogen and oxygen atoms in total. The Labute approximate surface area is 175 Å². The van der Waals surface area contributed by atoms with E-state index in [1.165, 1.54) is 0 Å². The highest BCUT2D eigenvalue weighted by atomic mass is 16.2. The van der Waals surface area contributed by atoms with Crippen LogP contribution in [0.5, 0.6) is 0 Å². The fourth-order valence-electron chi connectivity index (χ4n) is 3.45. The molecule has 0 aliphatic heterocycles. The van der Waals surface area contributed by atoms with Crippen molar-refractivity contribution in [1.29, 1.82) is 0 Å². The Morgan fingerprint density at radius 2 is 1.72 bits per heavy atom. The molecule has 0 fully saturated rings. The molecule has 0 saturated carbocycles. The molecule has 29 heavy (non-hydrogen) atoms. The summed E-state index contributed by atoms with van der Waals surface area (Å²) < 4.78 is 0. The molecule has 2 aromatic carbocycles. The number of amides is 2. The molecule has 2 aromatic rings. The van der Waals surface area contributed by atoms with Crippen LogP contribution < -0.4 is 5.32 Å². The first kappa shape index (κ1) is 22.7. The van der Waals surface area contributed by atoms with E-state index in [9.17, 15) is 9.59 Å². The first-order valence-electron chi connectivity index (χ1n) is 10.3. The number of rotatable bonds is 7. The zero-order valence-corrected chi connectivity index (χ0v) is 18.6. The Morgan fingerprint density at radius 3 is 2.31 bits per heavy atom. The van der Waals surface area contributed by atoms with Crippen LogP contribution in [0, 0.1) is 13.8 Å². The lowest BCUT2D eigenvalue weighted by Crippen LogP contribution is -2.53. The summed E-state index contributed by atoms with van der Waals surface area (Å²) in [5.41, 5.74) is 3.91. The number of aryl methyl sites for hydroxylation is 2. The SMILES string of the molecule is CC[C@@H](C(=O)NC(C)(C)C)N(Cc1cccc(C)c1)C(=O)Cc1ccccc1C. The molecule has 0 unspecified atom stereocenters. The molecule has 156 valence electrons. The third-order valence-electron chi connectivity index (χ3n) is 4.92. The predicted octanol–water partition coefficient (Wildman–Crippen LogP) is 4.57. The quantitative estimate of drug-likeness (QED) is 0.748. The summed E-state index contributed by atoms with van der Waals surface area (Å²) in [6.45, 7) is 12.3. The van der Waals surface area contributed by atoms with Crippen molar-refractivity contribution in [3.05, 3.63) is 70.8 Å². The van der Waals surface area contributed by atoms with Crippen LogP contribution in [-0.4, -0.2) is 28.3 Å². The van der Waals surface area contributed by atoms with Gasteiger partial charge in [-0.25, -0.2) is 0 Å². The van der Waals surface area contributed by atoms with Gasteiger partial charge in [-0.2, -0.15) is 0 Å². The van der Waals surface area contributed by atoms with Crippen LogP contribution in [0.1, 0.15) is 56.4 Å². The highest BCUT2D eigenvalue weighted by molar-refractivity contribution is 5.89. The number of carbonyl (C=O) groups excluding carboxylic acids is 2. The number of hydrogen-bond donors (Lipinski definition) is 1. The molecule has 2 amide bonds. The molecule has 1 N–H and O–H groups in total. The second-order valence-electron chi connectivity index (χ2n) is 8.78. The third-order valence-corrected chi connectivity index (χ3v) is 4.92. The maximum absolute atomic E-state index is 13.4. The summed E-state index contributed by atoms with van der Waals surface area (Å²) in [5.74, 6) is -0.137. The van der Waals surface area contributed by atoms with Gasteiger partial charge in [-0.05, 0) is 57.7 Å². The van der Waals surface area contributed by atoms with Gasteiger partial charge in [-0.3, -0.25) is 9.59 Å². The van der Waals surface area contributed by atoms with Gasteiger partial charge in [0.15, 0.2) is 0 Å². The molecule has 1 atom stereocenters. The molecular weight excluding hydrogens is 360 g/mol. The number of nitrogens with zero attached hydrogens (tertiary/aromatic N) is 1. The minimum Gasteiger partial charge on any atom is -0.350 e. The minimum absolute atomic E-state index is 0.0308. The maximum atomic E-state index is 13.4. The van der Waals surface area contributed by atoms with E-state index in [0.717, 1.165) is 22.3 Å². The van der Waals surface area contributed by atoms with Gasteiger partial charge in [0.1, 0.15) is 6.04 Å². The summed E-state index contributed by atoms with van der Waals surface area (Å²) in [7, 11) is 0. The average Bonchev–Trinajstić information content (AvgIpc) is 2.62. The molecule has 0 heterocycles. The Hall–Kier alpha value is -2.62. The first-order chi connectivity index (χ1) is 13.6. The van der Waals surface area contributed by atoms with Crippen LogP contribution in [-0.2, 0) is 22.6 Å². The van der Waals surface area contributed by atoms with Crippen LogP contribution in [0.15, 0.2) is 48.5 Å². The van der Waals surface area contributed by atoms with Gasteiger partial charge in [0.25, 0.3) is 0 Å². The fourth-order valence-corrected chi connectivity index (χ4v) is 3.45. The standard InChI is InChI=1S/C25H34N2O2/c1-7-22(24(29)26-25(4,5)6)27(17-20-13-10-11-18(2)15-20)23(28)16-21-14-9-8-12-19(21)3/h8-15,22H,7,16-17H2,1-6H3,(H,26,29)/t22-/m0/s1. The number of benzene rings is 2. The van der Waals surface area contributed by atoms with E-state index in [0.29, 0.717) is 13.0 Å². The minimum atomic E-state index is -0.508. The summed E-state index contributed by atoms with van der Waals surface area (Å²) >= 11 is 0. The Kier molecular flexibility index (Phi) is 7.60. The van der Waals surface area contributed by atoms with E-state index in [2.05, 4.69) is 11.4 Å². The first-order valence-corrected chi connectivity index (χ1v) is 10.3. The van der Waals surface area contributed by atoms with E-state index in [-0.39, 0.29) is 23.8 Å². The Morgan fingerprint density at radius 1 is 1.03 bits per heavy atom. The maximum Gasteiger partial charge on any atom is 0.243 e. The molecule has 0 aromatic heterocycles. The van der Waals surface area contributed by atoms with Crippen molar-refractivity contribution in [2.45, 2.75) is 72.5 Å². The van der Waals surface area contributed by atoms with Crippen molar-refractivity contribution < 1.29 is 9.59 Å². The summed E-state index contributed by atoms with van der Waals surface area (Å²) in [6, 6.07) is 15.5. The molecule has 4 heteroatoms. The van der Waals surface area contributed by atoms with Gasteiger partial charge in [-0.1, -0.05) is 61.0 Å². The highest BCUT2D eigenvalue weighted by Crippen LogP contribution is 2.17. The van der Waals surface area contributed by atoms with Crippen LogP contribution in [0.3, 0.4) is 0 Å². The summed E-state index contributed by atoms with van der Waals surface area (Å²) in [5, 5.41) is 3.05. The molecular formula is C25H34N2O2. The van der Waals surface area contributed by atoms with E-state index >= 15 is 0 Å². The van der Waals surface area contributed by atoms with Crippen molar-refractivity contribution >= 4 is 11.8 Å². The Bertz CT molecular complexity index is 852. The largest absolute Gasteiger partial charge is 0.350 e. The summed E-state index contributed by atoms with van der Waals surface area (Å²) in [6.07, 6.45) is 0.852. The van der Waals surface area contributed by atoms with Crippen LogP contribution in [0.2, 0.25) is 0 Å². The topological polar surface area (TPSA) is 49.4 Å². The smallest absolute Gasteiger partial charge is 0.243 e.